The maximum Gasteiger partial charge on any atom is 0.416 e. The molecule has 3 aromatic rings. The van der Waals surface area contributed by atoms with Crippen LogP contribution in [0.25, 0.3) is 0 Å². The first kappa shape index (κ1) is 24.7. The van der Waals surface area contributed by atoms with E-state index in [1.807, 2.05) is 20.8 Å². The molecule has 0 saturated heterocycles. The maximum atomic E-state index is 13.3. The fourth-order valence-corrected chi connectivity index (χ4v) is 4.64. The summed E-state index contributed by atoms with van der Waals surface area (Å²) < 4.78 is 66.8. The number of carbonyl (C=O) groups excluding carboxylic acids is 1. The fourth-order valence-electron chi connectivity index (χ4n) is 3.41. The lowest BCUT2D eigenvalue weighted by Crippen LogP contribution is -2.21. The molecule has 0 saturated carbocycles. The highest BCUT2D eigenvalue weighted by atomic mass is 32.2. The highest BCUT2D eigenvalue weighted by molar-refractivity contribution is 7.92. The molecule has 0 amide bonds. The second-order valence-corrected chi connectivity index (χ2v) is 10.9. The number of sulfone groups is 1. The Balaban J connectivity index is 2.02. The summed E-state index contributed by atoms with van der Waals surface area (Å²) >= 11 is 0. The number of hydrogen-bond donors (Lipinski definition) is 0. The molecule has 0 aliphatic rings. The zero-order valence-electron chi connectivity index (χ0n) is 18.8. The Bertz CT molecular complexity index is 1270. The van der Waals surface area contributed by atoms with Gasteiger partial charge in [-0.3, -0.25) is 9.48 Å². The minimum Gasteiger partial charge on any atom is -0.291 e. The van der Waals surface area contributed by atoms with Gasteiger partial charge in [-0.05, 0) is 42.3 Å². The standard InChI is InChI=1S/C24H25F3N2O3S/c1-16-17(9-8-12-19(16)24(25,26)27)14-29-20(13-22(28-29)23(2,3)4)21(30)15-33(31,32)18-10-6-5-7-11-18/h5-13H,14-15H2,1-4H3. The third kappa shape index (κ3) is 5.52. The van der Waals surface area contributed by atoms with Crippen molar-refractivity contribution < 1.29 is 26.4 Å². The predicted octanol–water partition coefficient (Wildman–Crippen LogP) is 5.21. The Labute approximate surface area is 191 Å². The average molecular weight is 479 g/mol. The number of alkyl halides is 3. The van der Waals surface area contributed by atoms with Crippen LogP contribution in [0, 0.1) is 6.92 Å². The van der Waals surface area contributed by atoms with Crippen molar-refractivity contribution in [2.75, 3.05) is 5.75 Å². The first-order valence-corrected chi connectivity index (χ1v) is 11.9. The SMILES string of the molecule is Cc1c(Cn2nc(C(C)(C)C)cc2C(=O)CS(=O)(=O)c2ccccc2)cccc1C(F)(F)F. The van der Waals surface area contributed by atoms with E-state index in [1.54, 1.807) is 18.2 Å². The Morgan fingerprint density at radius 3 is 2.21 bits per heavy atom. The van der Waals surface area contributed by atoms with Gasteiger partial charge in [0.2, 0.25) is 0 Å². The predicted molar refractivity (Wildman–Crippen MR) is 119 cm³/mol. The van der Waals surface area contributed by atoms with E-state index in [4.69, 9.17) is 0 Å². The molecule has 0 radical (unpaired) electrons. The van der Waals surface area contributed by atoms with Gasteiger partial charge in [-0.15, -0.1) is 0 Å². The van der Waals surface area contributed by atoms with Crippen molar-refractivity contribution in [3.63, 3.8) is 0 Å². The smallest absolute Gasteiger partial charge is 0.291 e. The third-order valence-corrected chi connectivity index (χ3v) is 6.96. The van der Waals surface area contributed by atoms with Gasteiger partial charge in [-0.1, -0.05) is 51.1 Å². The molecule has 2 aromatic carbocycles. The minimum absolute atomic E-state index is 0.0224. The third-order valence-electron chi connectivity index (χ3n) is 5.33. The molecule has 9 heteroatoms. The van der Waals surface area contributed by atoms with Crippen LogP contribution in [-0.2, 0) is 28.0 Å². The van der Waals surface area contributed by atoms with Gasteiger partial charge < -0.3 is 0 Å². The highest BCUT2D eigenvalue weighted by Crippen LogP contribution is 2.33. The lowest BCUT2D eigenvalue weighted by atomic mass is 9.92. The Morgan fingerprint density at radius 2 is 1.64 bits per heavy atom. The number of rotatable bonds is 6. The Kier molecular flexibility index (Phi) is 6.57. The summed E-state index contributed by atoms with van der Waals surface area (Å²) in [6, 6.07) is 13.0. The molecule has 0 bridgehead atoms. The normalized spacial score (nSPS) is 12.7. The van der Waals surface area contributed by atoms with E-state index in [1.165, 1.54) is 41.9 Å². The monoisotopic (exact) mass is 478 g/mol. The lowest BCUT2D eigenvalue weighted by molar-refractivity contribution is -0.138. The quantitative estimate of drug-likeness (QED) is 0.456. The zero-order valence-corrected chi connectivity index (χ0v) is 19.6. The van der Waals surface area contributed by atoms with E-state index in [9.17, 15) is 26.4 Å². The van der Waals surface area contributed by atoms with Gasteiger partial charge in [0.25, 0.3) is 0 Å². The van der Waals surface area contributed by atoms with Crippen LogP contribution in [0.4, 0.5) is 13.2 Å². The zero-order chi connectivity index (χ0) is 24.6. The number of ketones is 1. The number of nitrogens with zero attached hydrogens (tertiary/aromatic N) is 2. The van der Waals surface area contributed by atoms with Crippen LogP contribution in [0.2, 0.25) is 0 Å². The molecule has 0 aliphatic carbocycles. The summed E-state index contributed by atoms with van der Waals surface area (Å²) in [4.78, 5) is 13.1. The van der Waals surface area contributed by atoms with Crippen LogP contribution in [0.15, 0.2) is 59.5 Å². The second kappa shape index (κ2) is 8.78. The molecule has 0 fully saturated rings. The summed E-state index contributed by atoms with van der Waals surface area (Å²) in [6.45, 7) is 6.91. The van der Waals surface area contributed by atoms with Crippen LogP contribution < -0.4 is 0 Å². The van der Waals surface area contributed by atoms with Gasteiger partial charge in [-0.25, -0.2) is 8.42 Å². The molecule has 0 aliphatic heterocycles. The van der Waals surface area contributed by atoms with Crippen LogP contribution in [0.5, 0.6) is 0 Å². The molecule has 0 N–H and O–H groups in total. The number of benzene rings is 2. The molecular weight excluding hydrogens is 453 g/mol. The van der Waals surface area contributed by atoms with E-state index in [-0.39, 0.29) is 22.7 Å². The van der Waals surface area contributed by atoms with Crippen molar-refractivity contribution in [2.24, 2.45) is 0 Å². The summed E-state index contributed by atoms with van der Waals surface area (Å²) in [5.41, 5.74) is -0.269. The minimum atomic E-state index is -4.51. The van der Waals surface area contributed by atoms with Gasteiger partial charge >= 0.3 is 6.18 Å². The van der Waals surface area contributed by atoms with Crippen LogP contribution in [-0.4, -0.2) is 29.7 Å². The Hall–Kier alpha value is -2.94. The molecule has 0 unspecified atom stereocenters. The lowest BCUT2D eigenvalue weighted by Gasteiger charge is -2.16. The second-order valence-electron chi connectivity index (χ2n) is 8.91. The molecular formula is C24H25F3N2O3S. The number of halogens is 3. The van der Waals surface area contributed by atoms with Crippen LogP contribution in [0.1, 0.15) is 53.6 Å². The molecule has 33 heavy (non-hydrogen) atoms. The summed E-state index contributed by atoms with van der Waals surface area (Å²) in [7, 11) is -3.90. The molecule has 1 heterocycles. The van der Waals surface area contributed by atoms with Crippen molar-refractivity contribution in [3.8, 4) is 0 Å². The molecule has 0 spiro atoms. The topological polar surface area (TPSA) is 69.0 Å². The van der Waals surface area contributed by atoms with Gasteiger partial charge in [-0.2, -0.15) is 18.3 Å². The van der Waals surface area contributed by atoms with Gasteiger partial charge in [0.1, 0.15) is 11.4 Å². The van der Waals surface area contributed by atoms with E-state index in [0.29, 0.717) is 11.3 Å². The first-order valence-electron chi connectivity index (χ1n) is 10.2. The summed E-state index contributed by atoms with van der Waals surface area (Å²) in [6.07, 6.45) is -4.51. The van der Waals surface area contributed by atoms with Crippen molar-refractivity contribution in [1.82, 2.24) is 9.78 Å². The number of carbonyl (C=O) groups is 1. The van der Waals surface area contributed by atoms with Crippen molar-refractivity contribution in [1.29, 1.82) is 0 Å². The number of hydrogen-bond acceptors (Lipinski definition) is 4. The van der Waals surface area contributed by atoms with Gasteiger partial charge in [0, 0.05) is 5.41 Å². The molecule has 3 rings (SSSR count). The van der Waals surface area contributed by atoms with Crippen molar-refractivity contribution in [3.05, 3.63) is 82.7 Å². The fraction of sp³-hybridized carbons (Fsp3) is 0.333. The van der Waals surface area contributed by atoms with Crippen molar-refractivity contribution in [2.45, 2.75) is 50.7 Å². The van der Waals surface area contributed by atoms with Crippen molar-refractivity contribution >= 4 is 15.6 Å². The largest absolute Gasteiger partial charge is 0.416 e. The van der Waals surface area contributed by atoms with E-state index in [2.05, 4.69) is 5.10 Å². The molecule has 0 atom stereocenters. The van der Waals surface area contributed by atoms with E-state index in [0.717, 1.165) is 6.07 Å². The molecule has 5 nitrogen and oxygen atoms in total. The first-order chi connectivity index (χ1) is 15.2. The van der Waals surface area contributed by atoms with Gasteiger partial charge in [0.05, 0.1) is 22.7 Å². The van der Waals surface area contributed by atoms with E-state index >= 15 is 0 Å². The highest BCUT2D eigenvalue weighted by Gasteiger charge is 2.33. The van der Waals surface area contributed by atoms with Crippen LogP contribution in [0.3, 0.4) is 0 Å². The number of aromatic nitrogens is 2. The summed E-state index contributed by atoms with van der Waals surface area (Å²) in [5.74, 6) is -1.44. The van der Waals surface area contributed by atoms with Gasteiger partial charge in [0.15, 0.2) is 15.6 Å². The van der Waals surface area contributed by atoms with Crippen LogP contribution >= 0.6 is 0 Å². The maximum absolute atomic E-state index is 13.3. The Morgan fingerprint density at radius 1 is 1.00 bits per heavy atom. The molecule has 176 valence electrons. The summed E-state index contributed by atoms with van der Waals surface area (Å²) in [5, 5.41) is 4.45. The average Bonchev–Trinajstić information content (AvgIpc) is 3.13. The van der Waals surface area contributed by atoms with E-state index < -0.39 is 38.5 Å². The number of Topliss-reactive ketones (excluding diaryl/α,β-unsaturated/α-hetero) is 1. The molecule has 1 aromatic heterocycles.